The zero-order valence-corrected chi connectivity index (χ0v) is 59.8. The van der Waals surface area contributed by atoms with E-state index in [1.807, 2.05) is 0 Å². The third kappa shape index (κ3) is 13.7. The SMILES string of the molecule is CC(=O)OC1C(=O)C2(C)C(O)CC3OCC3(OC(C)=O)C2C(OC(=O)c2ccccc2)C2(O)CC(OC(=O)C(OC(=O)CCC(=O)NCC(=O)OC3CCC4(C)C(=CCC5C4CCC4(C)C(C(C)CCCC(C)C)CCC54)C3)C(NC(=O)c3ccccc3)c3ccccc3)C(C)=C1C2(C)C. The predicted molar refractivity (Wildman–Crippen MR) is 367 cm³/mol. The Bertz CT molecular complexity index is 3660. The number of carbonyl (C=O) groups excluding carboxylic acids is 9. The van der Waals surface area contributed by atoms with Crippen LogP contribution in [0.3, 0.4) is 0 Å². The fourth-order valence-corrected chi connectivity index (χ4v) is 19.9. The molecular formula is C80H102N2O18. The molecule has 3 aromatic rings. The van der Waals surface area contributed by atoms with Gasteiger partial charge in [0, 0.05) is 50.5 Å². The zero-order chi connectivity index (χ0) is 72.0. The summed E-state index contributed by atoms with van der Waals surface area (Å²) < 4.78 is 43.3. The molecule has 0 radical (unpaired) electrons. The standard InChI is InChI=1S/C80H102N2O18/c1-45(2)22-21-23-46(3)56-32-33-57-55-31-30-53-40-54(36-38-76(53,9)58(55)37-39-77(56,57)10)96-64(88)43-81-62(86)34-35-63(87)98-68(66(50-24-15-12-16-25-50)82-72(90)51-26-17-13-18-27-51)74(92)97-59-42-80(93)71(99-73(91)52-28-19-14-20-29-52)69-78(11,60(85)41-61-79(69,44-94-61)100-49(6)84)70(89)67(95-48(5)83)65(47(59)4)75(80,7)8/h12-20,24-30,45-46,54-61,66-69,71,85,93H,21-23,31-44H2,1-11H3,(H,81,86)(H,82,90). The summed E-state index contributed by atoms with van der Waals surface area (Å²) in [6.07, 6.45) is 1.98. The van der Waals surface area contributed by atoms with Gasteiger partial charge in [-0.1, -0.05) is 146 Å². The van der Waals surface area contributed by atoms with Gasteiger partial charge in [-0.15, -0.1) is 0 Å². The lowest BCUT2D eigenvalue weighted by molar-refractivity contribution is -0.346. The van der Waals surface area contributed by atoms with Gasteiger partial charge in [0.05, 0.1) is 36.0 Å². The van der Waals surface area contributed by atoms with Gasteiger partial charge in [-0.05, 0) is 146 Å². The maximum absolute atomic E-state index is 16.0. The van der Waals surface area contributed by atoms with Crippen molar-refractivity contribution in [3.63, 3.8) is 0 Å². The topological polar surface area (TPSA) is 283 Å². The summed E-state index contributed by atoms with van der Waals surface area (Å²) in [5, 5.41) is 32.0. The first kappa shape index (κ1) is 73.7. The minimum atomic E-state index is -2.53. The number of benzene rings is 3. The molecule has 2 bridgehead atoms. The third-order valence-corrected chi connectivity index (χ3v) is 25.3. The number of rotatable bonds is 22. The average Bonchev–Trinajstić information content (AvgIpc) is 0.754. The highest BCUT2D eigenvalue weighted by atomic mass is 16.6. The molecule has 19 unspecified atom stereocenters. The summed E-state index contributed by atoms with van der Waals surface area (Å²) in [5.41, 5.74) is -6.10. The number of aliphatic hydroxyl groups is 2. The molecule has 1 heterocycles. The number of allylic oxidation sites excluding steroid dienone is 1. The molecule has 6 fully saturated rings. The molecule has 11 rings (SSSR count). The maximum Gasteiger partial charge on any atom is 0.350 e. The van der Waals surface area contributed by atoms with Crippen LogP contribution in [0.25, 0.3) is 0 Å². The van der Waals surface area contributed by atoms with E-state index in [1.54, 1.807) is 66.7 Å². The number of nitrogens with one attached hydrogen (secondary N) is 2. The lowest BCUT2D eigenvalue weighted by atomic mass is 9.44. The van der Waals surface area contributed by atoms with E-state index in [9.17, 15) is 43.8 Å². The van der Waals surface area contributed by atoms with Crippen molar-refractivity contribution in [1.29, 1.82) is 0 Å². The van der Waals surface area contributed by atoms with Crippen LogP contribution in [0.4, 0.5) is 0 Å². The van der Waals surface area contributed by atoms with Crippen molar-refractivity contribution in [2.45, 2.75) is 232 Å². The largest absolute Gasteiger partial charge is 0.461 e. The van der Waals surface area contributed by atoms with Crippen LogP contribution < -0.4 is 10.6 Å². The highest BCUT2D eigenvalue weighted by Crippen LogP contribution is 2.68. The van der Waals surface area contributed by atoms with Crippen molar-refractivity contribution in [3.05, 3.63) is 130 Å². The number of hydrogen-bond donors (Lipinski definition) is 4. The van der Waals surface area contributed by atoms with E-state index in [2.05, 4.69) is 51.3 Å². The van der Waals surface area contributed by atoms with Gasteiger partial charge < -0.3 is 54.0 Å². The average molecular weight is 1380 g/mol. The molecule has 2 amide bonds. The summed E-state index contributed by atoms with van der Waals surface area (Å²) in [6, 6.07) is 22.4. The number of esters is 6. The monoisotopic (exact) mass is 1380 g/mol. The number of fused-ring (bicyclic) bond motifs is 10. The summed E-state index contributed by atoms with van der Waals surface area (Å²) >= 11 is 0. The molecule has 1 aliphatic heterocycles. The third-order valence-electron chi connectivity index (χ3n) is 25.3. The number of Topliss-reactive ketones (excluding diaryl/α,β-unsaturated/α-hetero) is 1. The number of ketones is 1. The van der Waals surface area contributed by atoms with Crippen LogP contribution in [0.2, 0.25) is 0 Å². The highest BCUT2D eigenvalue weighted by Gasteiger charge is 2.78. The Balaban J connectivity index is 0.830. The van der Waals surface area contributed by atoms with Gasteiger partial charge in [-0.2, -0.15) is 0 Å². The highest BCUT2D eigenvalue weighted by molar-refractivity contribution is 5.97. The molecule has 3 aromatic carbocycles. The quantitative estimate of drug-likeness (QED) is 0.0413. The summed E-state index contributed by atoms with van der Waals surface area (Å²) in [6.45, 7) is 19.5. The van der Waals surface area contributed by atoms with E-state index in [0.29, 0.717) is 36.0 Å². The zero-order valence-electron chi connectivity index (χ0n) is 59.8. The van der Waals surface area contributed by atoms with Crippen LogP contribution in [0.5, 0.6) is 0 Å². The van der Waals surface area contributed by atoms with Crippen molar-refractivity contribution < 1.29 is 86.5 Å². The van der Waals surface area contributed by atoms with Crippen molar-refractivity contribution in [2.75, 3.05) is 13.2 Å². The lowest BCUT2D eigenvalue weighted by Gasteiger charge is -2.67. The van der Waals surface area contributed by atoms with Gasteiger partial charge in [-0.25, -0.2) is 9.59 Å². The fraction of sp³-hybridized carbons (Fsp3) is 0.613. The van der Waals surface area contributed by atoms with Crippen LogP contribution in [0, 0.1) is 63.1 Å². The van der Waals surface area contributed by atoms with Gasteiger partial charge in [-0.3, -0.25) is 33.6 Å². The van der Waals surface area contributed by atoms with Crippen LogP contribution in [0.1, 0.15) is 205 Å². The van der Waals surface area contributed by atoms with Crippen molar-refractivity contribution in [2.24, 2.45) is 63.1 Å². The Labute approximate surface area is 587 Å². The minimum absolute atomic E-state index is 0.0217. The summed E-state index contributed by atoms with van der Waals surface area (Å²) in [7, 11) is 0. The first-order valence-electron chi connectivity index (χ1n) is 36.2. The van der Waals surface area contributed by atoms with Crippen molar-refractivity contribution in [3.8, 4) is 0 Å². The van der Waals surface area contributed by atoms with E-state index >= 15 is 9.59 Å². The van der Waals surface area contributed by atoms with E-state index in [0.717, 1.165) is 44.4 Å². The molecule has 19 atom stereocenters. The molecule has 8 aliphatic rings. The number of ether oxygens (including phenoxy) is 7. The number of aliphatic hydroxyl groups excluding tert-OH is 1. The Morgan fingerprint density at radius 1 is 0.740 bits per heavy atom. The molecule has 0 aromatic heterocycles. The second-order valence-corrected chi connectivity index (χ2v) is 31.7. The van der Waals surface area contributed by atoms with E-state index in [4.69, 9.17) is 33.2 Å². The molecule has 1 saturated heterocycles. The van der Waals surface area contributed by atoms with Gasteiger partial charge in [0.25, 0.3) is 5.91 Å². The first-order chi connectivity index (χ1) is 47.4. The Morgan fingerprint density at radius 2 is 1.41 bits per heavy atom. The molecule has 5 saturated carbocycles. The molecule has 20 heteroatoms. The molecular weight excluding hydrogens is 1280 g/mol. The van der Waals surface area contributed by atoms with E-state index < -0.39 is 150 Å². The molecule has 20 nitrogen and oxygen atoms in total. The van der Waals surface area contributed by atoms with E-state index in [1.165, 1.54) is 102 Å². The Kier molecular flexibility index (Phi) is 21.4. The van der Waals surface area contributed by atoms with Crippen LogP contribution in [-0.4, -0.2) is 131 Å². The lowest BCUT2D eigenvalue weighted by Crippen LogP contribution is -2.82. The van der Waals surface area contributed by atoms with Crippen molar-refractivity contribution in [1.82, 2.24) is 10.6 Å². The minimum Gasteiger partial charge on any atom is -0.461 e. The molecule has 100 heavy (non-hydrogen) atoms. The molecule has 0 spiro atoms. The van der Waals surface area contributed by atoms with Gasteiger partial charge in [0.15, 0.2) is 17.5 Å². The number of carbonyl (C=O) groups is 9. The summed E-state index contributed by atoms with van der Waals surface area (Å²) in [5.74, 6) is -5.54. The predicted octanol–water partition coefficient (Wildman–Crippen LogP) is 11.1. The number of amides is 2. The Morgan fingerprint density at radius 3 is 2.05 bits per heavy atom. The molecule has 7 aliphatic carbocycles. The van der Waals surface area contributed by atoms with Crippen LogP contribution in [-0.2, 0) is 66.7 Å². The Hall–Kier alpha value is -7.55. The number of hydrogen-bond acceptors (Lipinski definition) is 18. The maximum atomic E-state index is 16.0. The van der Waals surface area contributed by atoms with Gasteiger partial charge in [0.1, 0.15) is 42.6 Å². The van der Waals surface area contributed by atoms with Crippen LogP contribution in [0.15, 0.2) is 114 Å². The fourth-order valence-electron chi connectivity index (χ4n) is 19.9. The second-order valence-electron chi connectivity index (χ2n) is 31.7. The second kappa shape index (κ2) is 29.1. The van der Waals surface area contributed by atoms with Gasteiger partial charge in [0.2, 0.25) is 12.0 Å². The summed E-state index contributed by atoms with van der Waals surface area (Å²) in [4.78, 5) is 129. The smallest absolute Gasteiger partial charge is 0.350 e. The van der Waals surface area contributed by atoms with E-state index in [-0.39, 0.29) is 52.4 Å². The first-order valence-corrected chi connectivity index (χ1v) is 36.2. The van der Waals surface area contributed by atoms with Gasteiger partial charge >= 0.3 is 35.8 Å². The molecule has 540 valence electrons. The van der Waals surface area contributed by atoms with Crippen molar-refractivity contribution >= 4 is 53.4 Å². The molecule has 4 N–H and O–H groups in total. The normalized spacial score (nSPS) is 33.9. The van der Waals surface area contributed by atoms with Crippen LogP contribution >= 0.6 is 0 Å².